The van der Waals surface area contributed by atoms with Crippen molar-refractivity contribution in [2.75, 3.05) is 19.6 Å². The lowest BCUT2D eigenvalue weighted by Crippen LogP contribution is -2.57. The van der Waals surface area contributed by atoms with Crippen molar-refractivity contribution in [2.45, 2.75) is 18.9 Å². The molecular weight excluding hydrogens is 370 g/mol. The Bertz CT molecular complexity index is 961. The molecule has 1 aromatic carbocycles. The average Bonchev–Trinajstić information content (AvgIpc) is 3.31. The standard InChI is InChI=1S/C19H18ClN3O2S/c20-12-8-13(18(24)21-14-10-23-5-3-11(14)4-6-23)17-15(9-12)25-19(22-17)16-2-1-7-26-16/h1-2,7-9,11,14H,3-6,10H2,(H,21,24). The zero-order valence-corrected chi connectivity index (χ0v) is 15.6. The molecule has 5 heterocycles. The summed E-state index contributed by atoms with van der Waals surface area (Å²) < 4.78 is 5.85. The number of hydrogen-bond donors (Lipinski definition) is 1. The first-order valence-electron chi connectivity index (χ1n) is 8.84. The summed E-state index contributed by atoms with van der Waals surface area (Å²) in [6.45, 7) is 3.22. The van der Waals surface area contributed by atoms with E-state index in [0.717, 1.165) is 37.4 Å². The molecule has 3 fully saturated rings. The van der Waals surface area contributed by atoms with Gasteiger partial charge in [-0.15, -0.1) is 11.3 Å². The molecule has 1 N–H and O–H groups in total. The van der Waals surface area contributed by atoms with Crippen LogP contribution in [0, 0.1) is 5.92 Å². The fourth-order valence-electron chi connectivity index (χ4n) is 4.05. The first-order chi connectivity index (χ1) is 12.7. The van der Waals surface area contributed by atoms with E-state index < -0.39 is 0 Å². The number of rotatable bonds is 3. The molecule has 2 bridgehead atoms. The van der Waals surface area contributed by atoms with Crippen molar-refractivity contribution in [1.82, 2.24) is 15.2 Å². The molecule has 7 heteroatoms. The second kappa shape index (κ2) is 6.37. The molecule has 134 valence electrons. The zero-order valence-electron chi connectivity index (χ0n) is 14.1. The number of hydrogen-bond acceptors (Lipinski definition) is 5. The Labute approximate surface area is 160 Å². The SMILES string of the molecule is O=C(NC1CN2CCC1CC2)c1cc(Cl)cc2oc(-c3cccs3)nc12. The van der Waals surface area contributed by atoms with Gasteiger partial charge in [0.25, 0.3) is 5.91 Å². The molecule has 1 atom stereocenters. The number of fused-ring (bicyclic) bond motifs is 4. The highest BCUT2D eigenvalue weighted by atomic mass is 35.5. The molecule has 0 radical (unpaired) electrons. The first kappa shape index (κ1) is 16.3. The number of nitrogens with one attached hydrogen (secondary N) is 1. The smallest absolute Gasteiger partial charge is 0.253 e. The molecule has 3 aromatic rings. The number of oxazole rings is 1. The fourth-order valence-corrected chi connectivity index (χ4v) is 4.91. The molecule has 5 nitrogen and oxygen atoms in total. The Kier molecular flexibility index (Phi) is 3.99. The maximum atomic E-state index is 13.0. The van der Waals surface area contributed by atoms with Crippen LogP contribution in [0.5, 0.6) is 0 Å². The van der Waals surface area contributed by atoms with E-state index in [1.54, 1.807) is 23.5 Å². The number of piperidine rings is 3. The highest BCUT2D eigenvalue weighted by Crippen LogP contribution is 2.32. The van der Waals surface area contributed by atoms with Gasteiger partial charge in [-0.05, 0) is 49.4 Å². The van der Waals surface area contributed by atoms with E-state index in [2.05, 4.69) is 15.2 Å². The molecule has 2 aromatic heterocycles. The number of thiophene rings is 1. The third kappa shape index (κ3) is 2.82. The van der Waals surface area contributed by atoms with E-state index in [4.69, 9.17) is 16.0 Å². The van der Waals surface area contributed by atoms with E-state index in [1.807, 2.05) is 17.5 Å². The minimum atomic E-state index is -0.123. The molecule has 0 spiro atoms. The minimum Gasteiger partial charge on any atom is -0.435 e. The highest BCUT2D eigenvalue weighted by molar-refractivity contribution is 7.13. The van der Waals surface area contributed by atoms with Gasteiger partial charge in [-0.1, -0.05) is 17.7 Å². The van der Waals surface area contributed by atoms with Gasteiger partial charge in [-0.2, -0.15) is 0 Å². The Morgan fingerprint density at radius 2 is 2.19 bits per heavy atom. The van der Waals surface area contributed by atoms with Crippen molar-refractivity contribution < 1.29 is 9.21 Å². The van der Waals surface area contributed by atoms with Crippen LogP contribution in [0.25, 0.3) is 21.9 Å². The molecule has 3 saturated heterocycles. The quantitative estimate of drug-likeness (QED) is 0.737. The molecule has 3 aliphatic rings. The van der Waals surface area contributed by atoms with Gasteiger partial charge in [0.2, 0.25) is 5.89 Å². The van der Waals surface area contributed by atoms with Crippen LogP contribution in [0.2, 0.25) is 5.02 Å². The van der Waals surface area contributed by atoms with Crippen molar-refractivity contribution >= 4 is 39.9 Å². The normalized spacial score (nSPS) is 24.9. The predicted molar refractivity (Wildman–Crippen MR) is 103 cm³/mol. The number of benzene rings is 1. The number of carbonyl (C=O) groups is 1. The lowest BCUT2D eigenvalue weighted by molar-refractivity contribution is 0.0621. The molecule has 0 saturated carbocycles. The molecule has 1 amide bonds. The maximum Gasteiger partial charge on any atom is 0.253 e. The number of amides is 1. The van der Waals surface area contributed by atoms with Crippen LogP contribution in [0.15, 0.2) is 34.1 Å². The van der Waals surface area contributed by atoms with Gasteiger partial charge < -0.3 is 14.6 Å². The maximum absolute atomic E-state index is 13.0. The average molecular weight is 388 g/mol. The Morgan fingerprint density at radius 1 is 1.35 bits per heavy atom. The third-order valence-electron chi connectivity index (χ3n) is 5.41. The zero-order chi connectivity index (χ0) is 17.7. The van der Waals surface area contributed by atoms with Gasteiger partial charge >= 0.3 is 0 Å². The van der Waals surface area contributed by atoms with Crippen LogP contribution >= 0.6 is 22.9 Å². The van der Waals surface area contributed by atoms with Crippen LogP contribution in [0.1, 0.15) is 23.2 Å². The van der Waals surface area contributed by atoms with Gasteiger partial charge in [0.1, 0.15) is 5.52 Å². The summed E-state index contributed by atoms with van der Waals surface area (Å²) in [5, 5.41) is 5.66. The summed E-state index contributed by atoms with van der Waals surface area (Å²) >= 11 is 7.79. The van der Waals surface area contributed by atoms with Gasteiger partial charge in [0.15, 0.2) is 5.58 Å². The van der Waals surface area contributed by atoms with Gasteiger partial charge in [0, 0.05) is 23.7 Å². The number of aromatic nitrogens is 1. The van der Waals surface area contributed by atoms with E-state index in [-0.39, 0.29) is 11.9 Å². The largest absolute Gasteiger partial charge is 0.435 e. The molecule has 3 aliphatic heterocycles. The van der Waals surface area contributed by atoms with Crippen LogP contribution in [0.3, 0.4) is 0 Å². The summed E-state index contributed by atoms with van der Waals surface area (Å²) in [6.07, 6.45) is 2.31. The Morgan fingerprint density at radius 3 is 2.88 bits per heavy atom. The second-order valence-electron chi connectivity index (χ2n) is 7.01. The Balaban J connectivity index is 1.48. The highest BCUT2D eigenvalue weighted by Gasteiger charge is 2.35. The number of carbonyl (C=O) groups excluding carboxylic acids is 1. The Hall–Kier alpha value is -1.89. The van der Waals surface area contributed by atoms with Gasteiger partial charge in [0.05, 0.1) is 10.4 Å². The first-order valence-corrected chi connectivity index (χ1v) is 10.1. The van der Waals surface area contributed by atoms with Crippen molar-refractivity contribution in [3.05, 3.63) is 40.2 Å². The van der Waals surface area contributed by atoms with Gasteiger partial charge in [-0.25, -0.2) is 4.98 Å². The van der Waals surface area contributed by atoms with Gasteiger partial charge in [-0.3, -0.25) is 4.79 Å². The van der Waals surface area contributed by atoms with Crippen LogP contribution in [-0.4, -0.2) is 41.5 Å². The van der Waals surface area contributed by atoms with Crippen LogP contribution in [-0.2, 0) is 0 Å². The van der Waals surface area contributed by atoms with Crippen LogP contribution < -0.4 is 5.32 Å². The topological polar surface area (TPSA) is 58.4 Å². The van der Waals surface area contributed by atoms with E-state index in [0.29, 0.717) is 33.5 Å². The predicted octanol–water partition coefficient (Wildman–Crippen LogP) is 4.03. The molecule has 6 rings (SSSR count). The summed E-state index contributed by atoms with van der Waals surface area (Å²) in [5.41, 5.74) is 1.59. The second-order valence-corrected chi connectivity index (χ2v) is 8.40. The van der Waals surface area contributed by atoms with E-state index in [1.165, 1.54) is 0 Å². The monoisotopic (exact) mass is 387 g/mol. The summed E-state index contributed by atoms with van der Waals surface area (Å²) in [5.74, 6) is 0.967. The van der Waals surface area contributed by atoms with Crippen LogP contribution in [0.4, 0.5) is 0 Å². The molecule has 0 aliphatic carbocycles. The van der Waals surface area contributed by atoms with Crippen molar-refractivity contribution in [1.29, 1.82) is 0 Å². The minimum absolute atomic E-state index is 0.123. The molecule has 1 unspecified atom stereocenters. The fraction of sp³-hybridized carbons (Fsp3) is 0.368. The lowest BCUT2D eigenvalue weighted by Gasteiger charge is -2.44. The van der Waals surface area contributed by atoms with E-state index in [9.17, 15) is 4.79 Å². The summed E-state index contributed by atoms with van der Waals surface area (Å²) in [6, 6.07) is 7.49. The summed E-state index contributed by atoms with van der Waals surface area (Å²) in [7, 11) is 0. The molecular formula is C19H18ClN3O2S. The van der Waals surface area contributed by atoms with Crippen molar-refractivity contribution in [2.24, 2.45) is 5.92 Å². The number of halogens is 1. The lowest BCUT2D eigenvalue weighted by atomic mass is 9.84. The van der Waals surface area contributed by atoms with Crippen molar-refractivity contribution in [3.63, 3.8) is 0 Å². The summed E-state index contributed by atoms with van der Waals surface area (Å²) in [4.78, 5) is 20.9. The number of nitrogens with zero attached hydrogens (tertiary/aromatic N) is 2. The van der Waals surface area contributed by atoms with E-state index >= 15 is 0 Å². The van der Waals surface area contributed by atoms with Crippen molar-refractivity contribution in [3.8, 4) is 10.8 Å². The third-order valence-corrected chi connectivity index (χ3v) is 6.49. The molecule has 26 heavy (non-hydrogen) atoms.